The molecule has 0 saturated carbocycles. The molecule has 5 nitrogen and oxygen atoms in total. The molecule has 0 atom stereocenters. The van der Waals surface area contributed by atoms with Crippen LogP contribution in [0.2, 0.25) is 10.0 Å². The average Bonchev–Trinajstić information content (AvgIpc) is 2.69. The van der Waals surface area contributed by atoms with Crippen LogP contribution < -0.4 is 9.47 Å². The van der Waals surface area contributed by atoms with Gasteiger partial charge in [-0.1, -0.05) is 29.3 Å². The second kappa shape index (κ2) is 10.0. The normalized spacial score (nSPS) is 10.9. The van der Waals surface area contributed by atoms with E-state index in [9.17, 15) is 23.1 Å². The van der Waals surface area contributed by atoms with E-state index in [0.29, 0.717) is 11.1 Å². The molecule has 0 radical (unpaired) electrons. The predicted octanol–water partition coefficient (Wildman–Crippen LogP) is 6.16. The van der Waals surface area contributed by atoms with Gasteiger partial charge in [-0.25, -0.2) is 9.18 Å². The van der Waals surface area contributed by atoms with Crippen LogP contribution in [0.1, 0.15) is 11.1 Å². The van der Waals surface area contributed by atoms with Gasteiger partial charge in [0, 0.05) is 28.1 Å². The van der Waals surface area contributed by atoms with Crippen LogP contribution in [0.4, 0.5) is 13.2 Å². The Morgan fingerprint density at radius 2 is 1.69 bits per heavy atom. The van der Waals surface area contributed by atoms with Crippen LogP contribution in [-0.2, 0) is 11.2 Å². The summed E-state index contributed by atoms with van der Waals surface area (Å²) < 4.78 is 48.3. The molecule has 0 spiro atoms. The van der Waals surface area contributed by atoms with E-state index in [1.807, 2.05) is 0 Å². The van der Waals surface area contributed by atoms with Crippen molar-refractivity contribution >= 4 is 29.2 Å². The zero-order chi connectivity index (χ0) is 23.4. The quantitative estimate of drug-likeness (QED) is 0.398. The minimum absolute atomic E-state index is 0.134. The van der Waals surface area contributed by atoms with Gasteiger partial charge < -0.3 is 19.7 Å². The van der Waals surface area contributed by atoms with Gasteiger partial charge in [0.1, 0.15) is 23.1 Å². The summed E-state index contributed by atoms with van der Waals surface area (Å²) in [6, 6.07) is 10.4. The van der Waals surface area contributed by atoms with Crippen LogP contribution in [0.25, 0.3) is 11.1 Å². The number of carbonyl (C=O) groups is 1. The second-order valence-corrected chi connectivity index (χ2v) is 7.44. The van der Waals surface area contributed by atoms with Crippen molar-refractivity contribution in [3.63, 3.8) is 0 Å². The van der Waals surface area contributed by atoms with E-state index < -0.39 is 25.0 Å². The summed E-state index contributed by atoms with van der Waals surface area (Å²) in [7, 11) is 0. The number of phenolic OH excluding ortho intramolecular Hbond substituents is 1. The summed E-state index contributed by atoms with van der Waals surface area (Å²) in [5.74, 6) is -2.37. The van der Waals surface area contributed by atoms with Gasteiger partial charge in [-0.05, 0) is 53.1 Å². The third kappa shape index (κ3) is 5.99. The van der Waals surface area contributed by atoms with E-state index in [1.54, 1.807) is 6.07 Å². The first-order valence-electron chi connectivity index (χ1n) is 9.02. The second-order valence-electron chi connectivity index (χ2n) is 6.63. The standard InChI is InChI=1S/C22H15Cl2F3O5/c23-18-8-14(31-10-21(29)30)9-19(24)17(18)4-11-1-2-20(28)16(3-11)12-5-13(25)7-15(6-12)32-22(26)27/h1-3,5-9,22,28H,4,10H2,(H,29,30). The Balaban J connectivity index is 1.92. The van der Waals surface area contributed by atoms with Crippen LogP contribution in [-0.4, -0.2) is 29.4 Å². The van der Waals surface area contributed by atoms with Crippen molar-refractivity contribution in [1.82, 2.24) is 0 Å². The van der Waals surface area contributed by atoms with Gasteiger partial charge in [0.25, 0.3) is 0 Å². The molecule has 3 aromatic carbocycles. The zero-order valence-corrected chi connectivity index (χ0v) is 17.6. The van der Waals surface area contributed by atoms with Crippen LogP contribution in [0.5, 0.6) is 17.2 Å². The number of rotatable bonds is 8. The molecule has 0 heterocycles. The lowest BCUT2D eigenvalue weighted by molar-refractivity contribution is -0.139. The number of aromatic hydroxyl groups is 1. The van der Waals surface area contributed by atoms with E-state index in [-0.39, 0.29) is 44.8 Å². The molecule has 10 heteroatoms. The highest BCUT2D eigenvalue weighted by Crippen LogP contribution is 2.36. The predicted molar refractivity (Wildman–Crippen MR) is 113 cm³/mol. The molecular weight excluding hydrogens is 472 g/mol. The Morgan fingerprint density at radius 3 is 2.31 bits per heavy atom. The Morgan fingerprint density at radius 1 is 1.00 bits per heavy atom. The van der Waals surface area contributed by atoms with Gasteiger partial charge in [0.2, 0.25) is 0 Å². The van der Waals surface area contributed by atoms with E-state index >= 15 is 0 Å². The molecule has 3 aromatic rings. The van der Waals surface area contributed by atoms with Crippen molar-refractivity contribution in [2.75, 3.05) is 6.61 Å². The van der Waals surface area contributed by atoms with Crippen LogP contribution >= 0.6 is 23.2 Å². The molecular formula is C22H15Cl2F3O5. The van der Waals surface area contributed by atoms with Crippen molar-refractivity contribution in [3.05, 3.63) is 75.5 Å². The van der Waals surface area contributed by atoms with Crippen molar-refractivity contribution in [3.8, 4) is 28.4 Å². The molecule has 0 fully saturated rings. The lowest BCUT2D eigenvalue weighted by atomic mass is 9.98. The fourth-order valence-electron chi connectivity index (χ4n) is 2.99. The van der Waals surface area contributed by atoms with Gasteiger partial charge in [0.05, 0.1) is 0 Å². The maximum absolute atomic E-state index is 13.9. The monoisotopic (exact) mass is 486 g/mol. The van der Waals surface area contributed by atoms with Crippen molar-refractivity contribution in [2.24, 2.45) is 0 Å². The highest BCUT2D eigenvalue weighted by atomic mass is 35.5. The average molecular weight is 487 g/mol. The van der Waals surface area contributed by atoms with E-state index in [4.69, 9.17) is 33.0 Å². The molecule has 168 valence electrons. The number of aliphatic carboxylic acids is 1. The first-order valence-corrected chi connectivity index (χ1v) is 9.78. The fourth-order valence-corrected chi connectivity index (χ4v) is 3.60. The molecule has 0 aliphatic carbocycles. The summed E-state index contributed by atoms with van der Waals surface area (Å²) >= 11 is 12.6. The molecule has 0 amide bonds. The van der Waals surface area contributed by atoms with Crippen molar-refractivity contribution < 1.29 is 37.7 Å². The number of halogens is 5. The maximum atomic E-state index is 13.9. The first kappa shape index (κ1) is 23.6. The van der Waals surface area contributed by atoms with Gasteiger partial charge in [-0.3, -0.25) is 0 Å². The number of phenols is 1. The number of benzene rings is 3. The summed E-state index contributed by atoms with van der Waals surface area (Å²) in [6.07, 6.45) is 0.208. The number of carboxylic acid groups (broad SMARTS) is 1. The molecule has 0 bridgehead atoms. The Bertz CT molecular complexity index is 1130. The first-order chi connectivity index (χ1) is 15.1. The lowest BCUT2D eigenvalue weighted by Gasteiger charge is -2.13. The molecule has 0 aromatic heterocycles. The number of hydrogen-bond donors (Lipinski definition) is 2. The maximum Gasteiger partial charge on any atom is 0.387 e. The Kier molecular flexibility index (Phi) is 7.37. The van der Waals surface area contributed by atoms with Gasteiger partial charge in [-0.2, -0.15) is 8.78 Å². The lowest BCUT2D eigenvalue weighted by Crippen LogP contribution is -2.09. The van der Waals surface area contributed by atoms with Gasteiger partial charge in [0.15, 0.2) is 6.61 Å². The summed E-state index contributed by atoms with van der Waals surface area (Å²) in [5.41, 5.74) is 1.46. The largest absolute Gasteiger partial charge is 0.507 e. The molecule has 2 N–H and O–H groups in total. The molecule has 0 aliphatic heterocycles. The molecule has 0 aliphatic rings. The van der Waals surface area contributed by atoms with Crippen LogP contribution in [0.15, 0.2) is 48.5 Å². The minimum Gasteiger partial charge on any atom is -0.507 e. The molecule has 3 rings (SSSR count). The Labute approximate surface area is 190 Å². The molecule has 0 saturated heterocycles. The third-order valence-electron chi connectivity index (χ3n) is 4.33. The summed E-state index contributed by atoms with van der Waals surface area (Å²) in [5, 5.41) is 19.4. The number of alkyl halides is 2. The number of hydrogen-bond acceptors (Lipinski definition) is 4. The van der Waals surface area contributed by atoms with Crippen molar-refractivity contribution in [1.29, 1.82) is 0 Å². The van der Waals surface area contributed by atoms with Crippen LogP contribution in [0, 0.1) is 5.82 Å². The topological polar surface area (TPSA) is 76.0 Å². The summed E-state index contributed by atoms with van der Waals surface area (Å²) in [6.45, 7) is -3.69. The fraction of sp³-hybridized carbons (Fsp3) is 0.136. The molecule has 0 unspecified atom stereocenters. The Hall–Kier alpha value is -3.10. The third-order valence-corrected chi connectivity index (χ3v) is 5.00. The number of carboxylic acids is 1. The van der Waals surface area contributed by atoms with Crippen molar-refractivity contribution in [2.45, 2.75) is 13.0 Å². The summed E-state index contributed by atoms with van der Waals surface area (Å²) in [4.78, 5) is 10.6. The van der Waals surface area contributed by atoms with E-state index in [2.05, 4.69) is 4.74 Å². The number of ether oxygens (including phenoxy) is 2. The zero-order valence-electron chi connectivity index (χ0n) is 16.1. The highest BCUT2D eigenvalue weighted by Gasteiger charge is 2.15. The highest BCUT2D eigenvalue weighted by molar-refractivity contribution is 6.36. The van der Waals surface area contributed by atoms with Gasteiger partial charge >= 0.3 is 12.6 Å². The minimum atomic E-state index is -3.13. The van der Waals surface area contributed by atoms with E-state index in [0.717, 1.165) is 12.1 Å². The molecule has 32 heavy (non-hydrogen) atoms. The SMILES string of the molecule is O=C(O)COc1cc(Cl)c(Cc2ccc(O)c(-c3cc(F)cc(OC(F)F)c3)c2)c(Cl)c1. The van der Waals surface area contributed by atoms with Gasteiger partial charge in [-0.15, -0.1) is 0 Å². The smallest absolute Gasteiger partial charge is 0.387 e. The van der Waals surface area contributed by atoms with E-state index in [1.165, 1.54) is 30.3 Å². The van der Waals surface area contributed by atoms with Crippen LogP contribution in [0.3, 0.4) is 0 Å².